The third-order valence-electron chi connectivity index (χ3n) is 4.39. The van der Waals surface area contributed by atoms with E-state index in [-0.39, 0.29) is 21.3 Å². The highest BCUT2D eigenvalue weighted by Gasteiger charge is 2.18. The number of nitrogens with one attached hydrogen (secondary N) is 1. The van der Waals surface area contributed by atoms with Crippen LogP contribution < -0.4 is 4.72 Å². The van der Waals surface area contributed by atoms with Gasteiger partial charge in [-0.05, 0) is 42.6 Å². The Labute approximate surface area is 186 Å². The predicted octanol–water partition coefficient (Wildman–Crippen LogP) is 4.62. The maximum atomic E-state index is 12.5. The lowest BCUT2D eigenvalue weighted by Gasteiger charge is -2.07. The van der Waals surface area contributed by atoms with Crippen LogP contribution in [0.4, 0.5) is 16.5 Å². The van der Waals surface area contributed by atoms with Crippen LogP contribution in [0.5, 0.6) is 5.75 Å². The largest absolute Gasteiger partial charge is 0.505 e. The van der Waals surface area contributed by atoms with Crippen LogP contribution in [0.25, 0.3) is 10.8 Å². The summed E-state index contributed by atoms with van der Waals surface area (Å²) in [5, 5.41) is 37.2. The number of aromatic nitrogens is 2. The molecule has 12 heteroatoms. The van der Waals surface area contributed by atoms with E-state index in [0.29, 0.717) is 21.5 Å². The van der Waals surface area contributed by atoms with Crippen molar-refractivity contribution in [3.63, 3.8) is 0 Å². The Balaban J connectivity index is 1.64. The monoisotopic (exact) mass is 469 g/mol. The summed E-state index contributed by atoms with van der Waals surface area (Å²) in [4.78, 5) is 11.4. The van der Waals surface area contributed by atoms with E-state index in [9.17, 15) is 23.4 Å². The number of rotatable bonds is 6. The van der Waals surface area contributed by atoms with Gasteiger partial charge in [-0.2, -0.15) is 5.11 Å². The summed E-state index contributed by atoms with van der Waals surface area (Å²) in [7, 11) is -3.85. The lowest BCUT2D eigenvalue weighted by atomic mass is 10.0. The molecule has 1 aromatic heterocycles. The molecule has 3 aromatic carbocycles. The fraction of sp³-hybridized carbons (Fsp3) is 0.0500. The number of hydrogen-bond acceptors (Lipinski definition) is 9. The van der Waals surface area contributed by atoms with Crippen molar-refractivity contribution in [2.24, 2.45) is 10.2 Å². The number of carbonyl (C=O) groups is 1. The van der Waals surface area contributed by atoms with E-state index < -0.39 is 21.7 Å². The number of carboxylic acid groups (broad SMARTS) is 1. The van der Waals surface area contributed by atoms with Crippen molar-refractivity contribution in [1.82, 2.24) is 10.2 Å². The molecule has 4 aromatic rings. The number of anilines is 1. The summed E-state index contributed by atoms with van der Waals surface area (Å²) in [6.45, 7) is 1.71. The maximum Gasteiger partial charge on any atom is 0.339 e. The molecule has 0 aliphatic rings. The maximum absolute atomic E-state index is 12.5. The van der Waals surface area contributed by atoms with Crippen LogP contribution in [-0.2, 0) is 10.0 Å². The summed E-state index contributed by atoms with van der Waals surface area (Å²) in [5.74, 6) is -1.80. The van der Waals surface area contributed by atoms with Gasteiger partial charge in [0, 0.05) is 5.39 Å². The minimum atomic E-state index is -3.85. The Morgan fingerprint density at radius 3 is 2.44 bits per heavy atom. The van der Waals surface area contributed by atoms with Crippen LogP contribution in [0.3, 0.4) is 0 Å². The Bertz CT molecular complexity index is 1460. The first kappa shape index (κ1) is 21.3. The number of benzene rings is 3. The molecule has 10 nitrogen and oxygen atoms in total. The highest BCUT2D eigenvalue weighted by Crippen LogP contribution is 2.39. The van der Waals surface area contributed by atoms with Gasteiger partial charge in [-0.25, -0.2) is 13.2 Å². The van der Waals surface area contributed by atoms with Gasteiger partial charge in [0.1, 0.15) is 16.3 Å². The zero-order valence-electron chi connectivity index (χ0n) is 16.4. The van der Waals surface area contributed by atoms with Gasteiger partial charge in [-0.3, -0.25) is 4.72 Å². The zero-order chi connectivity index (χ0) is 22.9. The minimum Gasteiger partial charge on any atom is -0.505 e. The van der Waals surface area contributed by atoms with Gasteiger partial charge in [-0.1, -0.05) is 35.6 Å². The second-order valence-corrected chi connectivity index (χ2v) is 9.44. The zero-order valence-corrected chi connectivity index (χ0v) is 18.1. The molecule has 0 bridgehead atoms. The molecule has 0 fully saturated rings. The lowest BCUT2D eigenvalue weighted by molar-refractivity contribution is 0.0694. The molecule has 4 rings (SSSR count). The number of nitrogens with zero attached hydrogens (tertiary/aromatic N) is 4. The average Bonchev–Trinajstić information content (AvgIpc) is 3.16. The van der Waals surface area contributed by atoms with Crippen LogP contribution in [0, 0.1) is 6.92 Å². The number of aryl methyl sites for hydroxylation is 1. The van der Waals surface area contributed by atoms with Crippen molar-refractivity contribution < 1.29 is 23.4 Å². The SMILES string of the molecule is Cc1nnc(NS(=O)(=O)c2ccc(N=Nc3c(O)c(C(=O)O)cc4ccccc34)cc2)s1. The van der Waals surface area contributed by atoms with E-state index in [4.69, 9.17) is 0 Å². The van der Waals surface area contributed by atoms with Gasteiger partial charge < -0.3 is 10.2 Å². The van der Waals surface area contributed by atoms with Gasteiger partial charge in [0.05, 0.1) is 10.6 Å². The van der Waals surface area contributed by atoms with Crippen molar-refractivity contribution in [3.05, 3.63) is 65.2 Å². The molecule has 0 spiro atoms. The summed E-state index contributed by atoms with van der Waals surface area (Å²) in [5.41, 5.74) is 0.0162. The molecule has 0 saturated carbocycles. The van der Waals surface area contributed by atoms with Gasteiger partial charge in [0.25, 0.3) is 10.0 Å². The third kappa shape index (κ3) is 4.26. The molecule has 0 saturated heterocycles. The Hall–Kier alpha value is -3.90. The van der Waals surface area contributed by atoms with E-state index >= 15 is 0 Å². The first-order chi connectivity index (χ1) is 15.2. The number of azo groups is 1. The van der Waals surface area contributed by atoms with E-state index in [1.165, 1.54) is 30.3 Å². The molecule has 0 aliphatic carbocycles. The molecule has 3 N–H and O–H groups in total. The van der Waals surface area contributed by atoms with Crippen molar-refractivity contribution in [2.45, 2.75) is 11.8 Å². The number of sulfonamides is 1. The molecule has 162 valence electrons. The number of aromatic hydroxyl groups is 1. The highest BCUT2D eigenvalue weighted by atomic mass is 32.2. The number of hydrogen-bond donors (Lipinski definition) is 3. The summed E-state index contributed by atoms with van der Waals surface area (Å²) in [6.07, 6.45) is 0. The number of fused-ring (bicyclic) bond motifs is 1. The fourth-order valence-corrected chi connectivity index (χ4v) is 4.71. The van der Waals surface area contributed by atoms with Crippen molar-refractivity contribution in [1.29, 1.82) is 0 Å². The quantitative estimate of drug-likeness (QED) is 0.348. The van der Waals surface area contributed by atoms with Gasteiger partial charge in [0.15, 0.2) is 5.75 Å². The van der Waals surface area contributed by atoms with E-state index in [0.717, 1.165) is 11.3 Å². The molecule has 32 heavy (non-hydrogen) atoms. The molecule has 1 heterocycles. The van der Waals surface area contributed by atoms with Crippen LogP contribution in [0.2, 0.25) is 0 Å². The van der Waals surface area contributed by atoms with Crippen LogP contribution in [0.15, 0.2) is 69.7 Å². The topological polar surface area (TPSA) is 154 Å². The lowest BCUT2D eigenvalue weighted by Crippen LogP contribution is -2.12. The van der Waals surface area contributed by atoms with E-state index in [2.05, 4.69) is 25.1 Å². The Morgan fingerprint density at radius 2 is 1.78 bits per heavy atom. The average molecular weight is 470 g/mol. The van der Waals surface area contributed by atoms with Crippen LogP contribution in [-0.4, -0.2) is 34.8 Å². The Morgan fingerprint density at radius 1 is 1.06 bits per heavy atom. The molecule has 0 amide bonds. The second kappa shape index (κ2) is 8.32. The second-order valence-electron chi connectivity index (χ2n) is 6.57. The smallest absolute Gasteiger partial charge is 0.339 e. The number of aromatic carboxylic acids is 1. The van der Waals surface area contributed by atoms with Crippen molar-refractivity contribution in [3.8, 4) is 5.75 Å². The minimum absolute atomic E-state index is 0.00510. The summed E-state index contributed by atoms with van der Waals surface area (Å²) >= 11 is 1.11. The van der Waals surface area contributed by atoms with Crippen molar-refractivity contribution in [2.75, 3.05) is 4.72 Å². The predicted molar refractivity (Wildman–Crippen MR) is 119 cm³/mol. The molecule has 0 atom stereocenters. The normalized spacial score (nSPS) is 11.8. The van der Waals surface area contributed by atoms with E-state index in [1.807, 2.05) is 0 Å². The standard InChI is InChI=1S/C20H15N5O5S2/c1-11-21-24-20(31-11)25-32(29,30)14-8-6-13(7-9-14)22-23-17-15-5-3-2-4-12(15)10-16(18(17)26)19(27)28/h2-10,26H,1H3,(H,24,25)(H,27,28). The highest BCUT2D eigenvalue weighted by molar-refractivity contribution is 7.93. The molecule has 0 unspecified atom stereocenters. The van der Waals surface area contributed by atoms with E-state index in [1.54, 1.807) is 31.2 Å². The molecular weight excluding hydrogens is 454 g/mol. The van der Waals surface area contributed by atoms with Crippen molar-refractivity contribution >= 4 is 54.6 Å². The molecular formula is C20H15N5O5S2. The van der Waals surface area contributed by atoms with Gasteiger partial charge in [-0.15, -0.1) is 15.3 Å². The van der Waals surface area contributed by atoms with Gasteiger partial charge >= 0.3 is 5.97 Å². The first-order valence-electron chi connectivity index (χ1n) is 9.07. The molecule has 0 radical (unpaired) electrons. The fourth-order valence-electron chi connectivity index (χ4n) is 2.89. The third-order valence-corrected chi connectivity index (χ3v) is 6.62. The van der Waals surface area contributed by atoms with Crippen LogP contribution in [0.1, 0.15) is 15.4 Å². The Kier molecular flexibility index (Phi) is 5.55. The number of carboxylic acids is 1. The molecule has 0 aliphatic heterocycles. The number of phenols is 1. The summed E-state index contributed by atoms with van der Waals surface area (Å²) < 4.78 is 27.3. The summed E-state index contributed by atoms with van der Waals surface area (Å²) in [6, 6.07) is 13.8. The van der Waals surface area contributed by atoms with Crippen LogP contribution >= 0.6 is 11.3 Å². The first-order valence-corrected chi connectivity index (χ1v) is 11.4. The van der Waals surface area contributed by atoms with Gasteiger partial charge in [0.2, 0.25) is 5.13 Å².